The van der Waals surface area contributed by atoms with Crippen LogP contribution in [0.1, 0.15) is 10.4 Å². The van der Waals surface area contributed by atoms with Gasteiger partial charge in [-0.25, -0.2) is 9.78 Å². The molecule has 2 aromatic carbocycles. The highest BCUT2D eigenvalue weighted by Gasteiger charge is 2.14. The first kappa shape index (κ1) is 14.8. The summed E-state index contributed by atoms with van der Waals surface area (Å²) in [5.41, 5.74) is 3.69. The molecule has 4 aromatic rings. The molecule has 0 fully saturated rings. The van der Waals surface area contributed by atoms with Gasteiger partial charge in [0.15, 0.2) is 0 Å². The van der Waals surface area contributed by atoms with Gasteiger partial charge in [0.05, 0.1) is 23.9 Å². The molecule has 3 N–H and O–H groups in total. The van der Waals surface area contributed by atoms with Gasteiger partial charge >= 0.3 is 5.97 Å². The van der Waals surface area contributed by atoms with E-state index in [9.17, 15) is 4.79 Å². The van der Waals surface area contributed by atoms with Crippen LogP contribution in [0.15, 0.2) is 47.1 Å². The average molecular weight is 385 g/mol. The number of anilines is 2. The summed E-state index contributed by atoms with van der Waals surface area (Å²) in [5.74, 6) is 0.150. The van der Waals surface area contributed by atoms with Gasteiger partial charge in [0.2, 0.25) is 5.95 Å². The number of nitrogens with zero attached hydrogens (tertiary/aromatic N) is 1. The predicted molar refractivity (Wildman–Crippen MR) is 96.7 cm³/mol. The highest BCUT2D eigenvalue weighted by atomic mass is 79.9. The summed E-state index contributed by atoms with van der Waals surface area (Å²) in [6, 6.07) is 11.4. The minimum absolute atomic E-state index is 0.408. The van der Waals surface area contributed by atoms with E-state index in [0.29, 0.717) is 17.0 Å². The van der Waals surface area contributed by atoms with Gasteiger partial charge in [-0.3, -0.25) is 0 Å². The third-order valence-electron chi connectivity index (χ3n) is 3.81. The molecule has 0 spiro atoms. The van der Waals surface area contributed by atoms with Crippen LogP contribution in [0.2, 0.25) is 0 Å². The second-order valence-corrected chi connectivity index (χ2v) is 6.21. The molecule has 4 rings (SSSR count). The van der Waals surface area contributed by atoms with Crippen LogP contribution in [0.25, 0.3) is 21.9 Å². The minimum Gasteiger partial charge on any atom is -0.465 e. The number of fused-ring (bicyclic) bond motifs is 2. The molecule has 0 saturated heterocycles. The van der Waals surface area contributed by atoms with Crippen LogP contribution in [0.3, 0.4) is 0 Å². The molecule has 6 nitrogen and oxygen atoms in total. The van der Waals surface area contributed by atoms with Gasteiger partial charge in [-0.1, -0.05) is 22.0 Å². The third-order valence-corrected chi connectivity index (χ3v) is 4.31. The monoisotopic (exact) mass is 384 g/mol. The average Bonchev–Trinajstić information content (AvgIpc) is 3.17. The van der Waals surface area contributed by atoms with E-state index in [-0.39, 0.29) is 0 Å². The fraction of sp³-hybridized carbons (Fsp3) is 0.0588. The van der Waals surface area contributed by atoms with Crippen LogP contribution in [-0.2, 0) is 4.74 Å². The molecular formula is C17H13BrN4O2. The Bertz CT molecular complexity index is 1070. The number of aromatic amines is 2. The number of H-pyrrole nitrogens is 2. The second-order valence-electron chi connectivity index (χ2n) is 5.30. The molecule has 0 aliphatic rings. The van der Waals surface area contributed by atoms with Gasteiger partial charge in [-0.2, -0.15) is 0 Å². The van der Waals surface area contributed by atoms with Crippen LogP contribution >= 0.6 is 15.9 Å². The van der Waals surface area contributed by atoms with Crippen molar-refractivity contribution >= 4 is 55.5 Å². The maximum atomic E-state index is 11.9. The maximum absolute atomic E-state index is 11.9. The fourth-order valence-corrected chi connectivity index (χ4v) is 3.05. The van der Waals surface area contributed by atoms with Gasteiger partial charge in [0.25, 0.3) is 0 Å². The molecule has 0 bridgehead atoms. The first-order valence-corrected chi connectivity index (χ1v) is 8.06. The zero-order valence-corrected chi connectivity index (χ0v) is 14.3. The molecular weight excluding hydrogens is 372 g/mol. The summed E-state index contributed by atoms with van der Waals surface area (Å²) in [4.78, 5) is 22.7. The van der Waals surface area contributed by atoms with Crippen LogP contribution in [0.4, 0.5) is 11.6 Å². The smallest absolute Gasteiger partial charge is 0.340 e. The Labute approximate surface area is 145 Å². The third kappa shape index (κ3) is 2.43. The standard InChI is InChI=1S/C17H13BrN4O2/c1-24-16(23)10-3-2-4-13-15(10)22-17(20-13)21-14-8-19-12-6-5-9(18)7-11(12)14/h2-8,19H,1H3,(H2,20,21,22). The molecule has 0 amide bonds. The van der Waals surface area contributed by atoms with Crippen LogP contribution < -0.4 is 5.32 Å². The van der Waals surface area contributed by atoms with Gasteiger partial charge in [-0.15, -0.1) is 0 Å². The van der Waals surface area contributed by atoms with Crippen molar-refractivity contribution in [2.75, 3.05) is 12.4 Å². The number of nitrogens with one attached hydrogen (secondary N) is 3. The van der Waals surface area contributed by atoms with E-state index in [1.807, 2.05) is 30.5 Å². The summed E-state index contributed by atoms with van der Waals surface area (Å²) in [6.07, 6.45) is 1.88. The second kappa shape index (κ2) is 5.68. The molecule has 2 heterocycles. The summed E-state index contributed by atoms with van der Waals surface area (Å²) in [6.45, 7) is 0. The summed E-state index contributed by atoms with van der Waals surface area (Å²) >= 11 is 3.48. The van der Waals surface area contributed by atoms with Crippen molar-refractivity contribution in [2.24, 2.45) is 0 Å². The molecule has 0 aliphatic carbocycles. The molecule has 0 atom stereocenters. The number of hydrogen-bond acceptors (Lipinski definition) is 4. The lowest BCUT2D eigenvalue weighted by Crippen LogP contribution is -2.01. The van der Waals surface area contributed by atoms with Gasteiger partial charge in [0.1, 0.15) is 5.52 Å². The minimum atomic E-state index is -0.408. The number of benzene rings is 2. The molecule has 2 aromatic heterocycles. The van der Waals surface area contributed by atoms with Crippen LogP contribution in [0.5, 0.6) is 0 Å². The fourth-order valence-electron chi connectivity index (χ4n) is 2.69. The molecule has 24 heavy (non-hydrogen) atoms. The van der Waals surface area contributed by atoms with Gasteiger partial charge in [0, 0.05) is 21.6 Å². The molecule has 0 saturated carbocycles. The van der Waals surface area contributed by atoms with E-state index in [2.05, 4.69) is 36.2 Å². The SMILES string of the molecule is COC(=O)c1cccc2[nH]c(Nc3c[nH]c4ccc(Br)cc34)nc12. The number of carbonyl (C=O) groups is 1. The number of para-hydroxylation sites is 1. The lowest BCUT2D eigenvalue weighted by Gasteiger charge is -2.00. The van der Waals surface area contributed by atoms with Crippen LogP contribution in [-0.4, -0.2) is 28.0 Å². The van der Waals surface area contributed by atoms with E-state index in [0.717, 1.165) is 26.6 Å². The van der Waals surface area contributed by atoms with Crippen molar-refractivity contribution in [3.05, 3.63) is 52.6 Å². The number of ether oxygens (including phenoxy) is 1. The molecule has 7 heteroatoms. The van der Waals surface area contributed by atoms with Crippen molar-refractivity contribution in [3.63, 3.8) is 0 Å². The number of methoxy groups -OCH3 is 1. The highest BCUT2D eigenvalue weighted by Crippen LogP contribution is 2.29. The molecule has 120 valence electrons. The number of carbonyl (C=O) groups excluding carboxylic acids is 1. The predicted octanol–water partition coefficient (Wildman–Crippen LogP) is 4.34. The number of hydrogen-bond donors (Lipinski definition) is 3. The normalized spacial score (nSPS) is 11.1. The lowest BCUT2D eigenvalue weighted by atomic mass is 10.2. The van der Waals surface area contributed by atoms with E-state index < -0.39 is 5.97 Å². The van der Waals surface area contributed by atoms with E-state index >= 15 is 0 Å². The Morgan fingerprint density at radius 2 is 2.12 bits per heavy atom. The Morgan fingerprint density at radius 3 is 2.96 bits per heavy atom. The highest BCUT2D eigenvalue weighted by molar-refractivity contribution is 9.10. The zero-order valence-electron chi connectivity index (χ0n) is 12.7. The van der Waals surface area contributed by atoms with E-state index in [1.54, 1.807) is 12.1 Å². The Hall–Kier alpha value is -2.80. The van der Waals surface area contributed by atoms with Crippen molar-refractivity contribution in [1.82, 2.24) is 15.0 Å². The number of aromatic nitrogens is 3. The van der Waals surface area contributed by atoms with E-state index in [1.165, 1.54) is 7.11 Å². The summed E-state index contributed by atoms with van der Waals surface area (Å²) in [5, 5.41) is 4.30. The Balaban J connectivity index is 1.77. The number of halogens is 1. The summed E-state index contributed by atoms with van der Waals surface area (Å²) < 4.78 is 5.80. The van der Waals surface area contributed by atoms with Gasteiger partial charge < -0.3 is 20.0 Å². The first-order chi connectivity index (χ1) is 11.7. The topological polar surface area (TPSA) is 82.8 Å². The number of imidazole rings is 1. The molecule has 0 unspecified atom stereocenters. The molecule has 0 aliphatic heterocycles. The molecule has 0 radical (unpaired) electrons. The van der Waals surface area contributed by atoms with Crippen molar-refractivity contribution in [1.29, 1.82) is 0 Å². The van der Waals surface area contributed by atoms with Crippen molar-refractivity contribution in [3.8, 4) is 0 Å². The quantitative estimate of drug-likeness (QED) is 0.459. The van der Waals surface area contributed by atoms with Crippen molar-refractivity contribution in [2.45, 2.75) is 0 Å². The zero-order chi connectivity index (χ0) is 16.7. The number of rotatable bonds is 3. The van der Waals surface area contributed by atoms with Gasteiger partial charge in [-0.05, 0) is 30.3 Å². The first-order valence-electron chi connectivity index (χ1n) is 7.26. The van der Waals surface area contributed by atoms with Crippen LogP contribution in [0, 0.1) is 0 Å². The van der Waals surface area contributed by atoms with E-state index in [4.69, 9.17) is 4.74 Å². The largest absolute Gasteiger partial charge is 0.465 e. The van der Waals surface area contributed by atoms with Crippen molar-refractivity contribution < 1.29 is 9.53 Å². The Kier molecular flexibility index (Phi) is 3.50. The lowest BCUT2D eigenvalue weighted by molar-refractivity contribution is 0.0603. The summed E-state index contributed by atoms with van der Waals surface area (Å²) in [7, 11) is 1.36. The maximum Gasteiger partial charge on any atom is 0.340 e. The Morgan fingerprint density at radius 1 is 1.25 bits per heavy atom. The number of esters is 1.